The summed E-state index contributed by atoms with van der Waals surface area (Å²) < 4.78 is 49.8. The number of carbonyl (C=O) groups is 2. The van der Waals surface area contributed by atoms with Crippen LogP contribution in [0, 0.1) is 0 Å². The largest absolute Gasteiger partial charge is 0.459 e. The Morgan fingerprint density at radius 3 is 2.50 bits per heavy atom. The molecule has 7 nitrogen and oxygen atoms in total. The lowest BCUT2D eigenvalue weighted by atomic mass is 9.93. The Kier molecular flexibility index (Phi) is 8.09. The predicted octanol–water partition coefficient (Wildman–Crippen LogP) is 4.38. The zero-order chi connectivity index (χ0) is 25.0. The van der Waals surface area contributed by atoms with Crippen LogP contribution in [0.15, 0.2) is 51.6 Å². The topological polar surface area (TPSA) is 80.2 Å². The lowest BCUT2D eigenvalue weighted by molar-refractivity contribution is -0.143. The van der Waals surface area contributed by atoms with Crippen molar-refractivity contribution in [1.82, 2.24) is 10.2 Å². The first kappa shape index (κ1) is 25.8. The van der Waals surface area contributed by atoms with Crippen molar-refractivity contribution in [2.75, 3.05) is 20.3 Å². The number of fused-ring (bicyclic) bond motifs is 1. The van der Waals surface area contributed by atoms with E-state index in [9.17, 15) is 22.8 Å². The highest BCUT2D eigenvalue weighted by molar-refractivity contribution is 8.16. The molecule has 11 heteroatoms. The van der Waals surface area contributed by atoms with Gasteiger partial charge >= 0.3 is 12.1 Å². The molecule has 0 fully saturated rings. The minimum Gasteiger partial charge on any atom is -0.459 e. The molecule has 2 heterocycles. The van der Waals surface area contributed by atoms with Gasteiger partial charge in [-0.15, -0.1) is 0 Å². The van der Waals surface area contributed by atoms with Gasteiger partial charge in [-0.2, -0.15) is 13.2 Å². The number of alkyl halides is 3. The van der Waals surface area contributed by atoms with Gasteiger partial charge in [0.2, 0.25) is 5.91 Å². The van der Waals surface area contributed by atoms with Gasteiger partial charge in [0.25, 0.3) is 0 Å². The maximum absolute atomic E-state index is 13.1. The Hall–Kier alpha value is -2.79. The molecular formula is C23H26F3N3O4S. The average molecular weight is 498 g/mol. The van der Waals surface area contributed by atoms with Crippen molar-refractivity contribution >= 4 is 28.8 Å². The Bertz CT molecular complexity index is 1030. The summed E-state index contributed by atoms with van der Waals surface area (Å²) >= 11 is 1.28. The van der Waals surface area contributed by atoms with E-state index < -0.39 is 29.9 Å². The van der Waals surface area contributed by atoms with Gasteiger partial charge in [-0.25, -0.2) is 9.79 Å². The average Bonchev–Trinajstić information content (AvgIpc) is 3.13. The van der Waals surface area contributed by atoms with Gasteiger partial charge in [0.05, 0.1) is 42.0 Å². The van der Waals surface area contributed by atoms with Crippen LogP contribution >= 0.6 is 11.8 Å². The fraction of sp³-hybridized carbons (Fsp3) is 0.435. The number of amides is 1. The normalized spacial score (nSPS) is 18.0. The van der Waals surface area contributed by atoms with Gasteiger partial charge in [0.1, 0.15) is 0 Å². The summed E-state index contributed by atoms with van der Waals surface area (Å²) in [6.45, 7) is 5.77. The van der Waals surface area contributed by atoms with Crippen LogP contribution in [-0.2, 0) is 25.2 Å². The van der Waals surface area contributed by atoms with Crippen molar-refractivity contribution < 1.29 is 32.2 Å². The molecule has 0 saturated heterocycles. The van der Waals surface area contributed by atoms with Gasteiger partial charge in [0, 0.05) is 19.4 Å². The summed E-state index contributed by atoms with van der Waals surface area (Å²) in [4.78, 5) is 31.7. The number of hydrogen-bond donors (Lipinski definition) is 1. The number of halogens is 3. The molecule has 0 aliphatic carbocycles. The van der Waals surface area contributed by atoms with E-state index in [0.717, 1.165) is 12.1 Å². The second-order valence-electron chi connectivity index (χ2n) is 7.99. The van der Waals surface area contributed by atoms with Crippen LogP contribution in [0.3, 0.4) is 0 Å². The van der Waals surface area contributed by atoms with Gasteiger partial charge in [-0.1, -0.05) is 23.9 Å². The Balaban J connectivity index is 2.00. The van der Waals surface area contributed by atoms with E-state index in [4.69, 9.17) is 9.47 Å². The SMILES string of the molecule is COCCNC(=O)CC1=CSC2=NC(C)=C(C(=O)OC(C)C)C(c3ccc(C(F)(F)F)cc3)N12. The van der Waals surface area contributed by atoms with Gasteiger partial charge < -0.3 is 19.7 Å². The second kappa shape index (κ2) is 10.6. The number of amidine groups is 1. The molecule has 0 spiro atoms. The molecule has 1 aromatic carbocycles. The van der Waals surface area contributed by atoms with Crippen molar-refractivity contribution in [3.05, 3.63) is 57.8 Å². The molecule has 0 aromatic heterocycles. The summed E-state index contributed by atoms with van der Waals surface area (Å²) in [5.41, 5.74) is 0.852. The molecule has 1 aromatic rings. The van der Waals surface area contributed by atoms with E-state index in [-0.39, 0.29) is 17.9 Å². The third-order valence-corrected chi connectivity index (χ3v) is 5.98. The molecular weight excluding hydrogens is 471 g/mol. The molecule has 0 bridgehead atoms. The van der Waals surface area contributed by atoms with Gasteiger partial charge in [-0.3, -0.25) is 4.79 Å². The first-order valence-corrected chi connectivity index (χ1v) is 11.5. The molecule has 2 aliphatic rings. The highest BCUT2D eigenvalue weighted by Crippen LogP contribution is 2.45. The number of thioether (sulfide) groups is 1. The summed E-state index contributed by atoms with van der Waals surface area (Å²) in [6, 6.07) is 3.84. The number of rotatable bonds is 8. The van der Waals surface area contributed by atoms with Crippen molar-refractivity contribution in [2.45, 2.75) is 45.5 Å². The van der Waals surface area contributed by atoms with E-state index in [1.54, 1.807) is 31.1 Å². The van der Waals surface area contributed by atoms with Crippen LogP contribution in [0.1, 0.15) is 44.4 Å². The van der Waals surface area contributed by atoms with Crippen molar-refractivity contribution in [3.8, 4) is 0 Å². The highest BCUT2D eigenvalue weighted by Gasteiger charge is 2.41. The second-order valence-corrected chi connectivity index (χ2v) is 8.82. The van der Waals surface area contributed by atoms with Crippen molar-refractivity contribution in [1.29, 1.82) is 0 Å². The molecule has 34 heavy (non-hydrogen) atoms. The van der Waals surface area contributed by atoms with E-state index in [2.05, 4.69) is 10.3 Å². The molecule has 1 atom stereocenters. The molecule has 1 unspecified atom stereocenters. The third-order valence-electron chi connectivity index (χ3n) is 5.09. The standard InChI is InChI=1S/C23H26F3N3O4S/c1-13(2)33-21(31)19-14(3)28-22-29(17(12-34-22)11-18(30)27-9-10-32-4)20(19)15-5-7-16(8-6-15)23(24,25)26/h5-8,12-13,20H,9-11H2,1-4H3,(H,27,30). The Morgan fingerprint density at radius 1 is 1.24 bits per heavy atom. The first-order chi connectivity index (χ1) is 16.0. The molecule has 0 saturated carbocycles. The number of ether oxygens (including phenoxy) is 2. The highest BCUT2D eigenvalue weighted by atomic mass is 32.2. The van der Waals surface area contributed by atoms with E-state index in [1.807, 2.05) is 0 Å². The Labute approximate surface area is 200 Å². The smallest absolute Gasteiger partial charge is 0.416 e. The number of hydrogen-bond acceptors (Lipinski definition) is 7. The number of esters is 1. The van der Waals surface area contributed by atoms with E-state index >= 15 is 0 Å². The third kappa shape index (κ3) is 5.82. The van der Waals surface area contributed by atoms with Gasteiger partial charge in [0.15, 0.2) is 5.17 Å². The lowest BCUT2D eigenvalue weighted by Crippen LogP contribution is -2.38. The van der Waals surface area contributed by atoms with E-state index in [0.29, 0.717) is 35.3 Å². The monoisotopic (exact) mass is 497 g/mol. The summed E-state index contributed by atoms with van der Waals surface area (Å²) in [5, 5.41) is 5.03. The van der Waals surface area contributed by atoms with Crippen LogP contribution in [0.4, 0.5) is 13.2 Å². The summed E-state index contributed by atoms with van der Waals surface area (Å²) in [6.07, 6.45) is -4.89. The number of carbonyl (C=O) groups excluding carboxylic acids is 2. The molecule has 0 radical (unpaired) electrons. The minimum atomic E-state index is -4.49. The zero-order valence-electron chi connectivity index (χ0n) is 19.2. The fourth-order valence-electron chi connectivity index (χ4n) is 3.60. The van der Waals surface area contributed by atoms with E-state index in [1.165, 1.54) is 31.0 Å². The number of methoxy groups -OCH3 is 1. The fourth-order valence-corrected chi connectivity index (χ4v) is 4.56. The number of nitrogens with zero attached hydrogens (tertiary/aromatic N) is 2. The summed E-state index contributed by atoms with van der Waals surface area (Å²) in [5.74, 6) is -0.866. The maximum atomic E-state index is 13.1. The van der Waals surface area contributed by atoms with Crippen LogP contribution < -0.4 is 5.32 Å². The first-order valence-electron chi connectivity index (χ1n) is 10.6. The van der Waals surface area contributed by atoms with Crippen LogP contribution in [-0.4, -0.2) is 48.3 Å². The number of aliphatic imine (C=N–C) groups is 1. The Morgan fingerprint density at radius 2 is 1.91 bits per heavy atom. The quantitative estimate of drug-likeness (QED) is 0.424. The number of nitrogens with one attached hydrogen (secondary N) is 1. The minimum absolute atomic E-state index is 0.00156. The number of benzene rings is 1. The molecule has 1 N–H and O–H groups in total. The van der Waals surface area contributed by atoms with Crippen molar-refractivity contribution in [2.24, 2.45) is 4.99 Å². The van der Waals surface area contributed by atoms with Crippen molar-refractivity contribution in [3.63, 3.8) is 0 Å². The summed E-state index contributed by atoms with van der Waals surface area (Å²) in [7, 11) is 1.53. The van der Waals surface area contributed by atoms with Gasteiger partial charge in [-0.05, 0) is 43.9 Å². The maximum Gasteiger partial charge on any atom is 0.416 e. The van der Waals surface area contributed by atoms with Crippen LogP contribution in [0.25, 0.3) is 0 Å². The molecule has 184 valence electrons. The van der Waals surface area contributed by atoms with Crippen LogP contribution in [0.5, 0.6) is 0 Å². The molecule has 1 amide bonds. The zero-order valence-corrected chi connectivity index (χ0v) is 20.0. The predicted molar refractivity (Wildman–Crippen MR) is 123 cm³/mol. The molecule has 3 rings (SSSR count). The lowest BCUT2D eigenvalue weighted by Gasteiger charge is -2.36. The van der Waals surface area contributed by atoms with Crippen LogP contribution in [0.2, 0.25) is 0 Å². The number of allylic oxidation sites excluding steroid dienone is 1. The molecule has 2 aliphatic heterocycles.